The van der Waals surface area contributed by atoms with Gasteiger partial charge in [-0.3, -0.25) is 0 Å². The number of aryl methyl sites for hydroxylation is 3. The van der Waals surface area contributed by atoms with Gasteiger partial charge in [0, 0.05) is 22.8 Å². The van der Waals surface area contributed by atoms with Crippen molar-refractivity contribution in [1.29, 1.82) is 0 Å². The quantitative estimate of drug-likeness (QED) is 0.595. The Morgan fingerprint density at radius 3 is 2.32 bits per heavy atom. The minimum Gasteiger partial charge on any atom is -0.350 e. The second-order valence-electron chi connectivity index (χ2n) is 6.17. The van der Waals surface area contributed by atoms with Gasteiger partial charge in [0.2, 0.25) is 5.95 Å². The van der Waals surface area contributed by atoms with E-state index >= 15 is 0 Å². The molecule has 2 N–H and O–H groups in total. The van der Waals surface area contributed by atoms with E-state index < -0.39 is 0 Å². The first-order chi connectivity index (χ1) is 12.0. The molecule has 0 amide bonds. The summed E-state index contributed by atoms with van der Waals surface area (Å²) in [6.45, 7) is 6.81. The first-order valence-corrected chi connectivity index (χ1v) is 8.97. The number of benzene rings is 2. The summed E-state index contributed by atoms with van der Waals surface area (Å²) in [4.78, 5) is 9.04. The molecular weight excluding hydrogens is 376 g/mol. The van der Waals surface area contributed by atoms with Crippen molar-refractivity contribution in [3.63, 3.8) is 0 Å². The molecule has 0 saturated heterocycles. The van der Waals surface area contributed by atoms with E-state index in [0.717, 1.165) is 21.7 Å². The number of hydrogen-bond donors (Lipinski definition) is 2. The molecule has 0 saturated carbocycles. The van der Waals surface area contributed by atoms with Gasteiger partial charge in [0.05, 0.1) is 5.69 Å². The van der Waals surface area contributed by atoms with Crippen LogP contribution in [-0.2, 0) is 6.54 Å². The van der Waals surface area contributed by atoms with Gasteiger partial charge in [-0.05, 0) is 60.0 Å². The van der Waals surface area contributed by atoms with Crippen LogP contribution in [0.15, 0.2) is 53.0 Å². The minimum absolute atomic E-state index is 0.617. The molecule has 0 unspecified atom stereocenters. The van der Waals surface area contributed by atoms with Crippen molar-refractivity contribution in [2.24, 2.45) is 0 Å². The van der Waals surface area contributed by atoms with Gasteiger partial charge in [-0.2, -0.15) is 4.98 Å². The molecular formula is C20H21BrN4. The van der Waals surface area contributed by atoms with Gasteiger partial charge >= 0.3 is 0 Å². The van der Waals surface area contributed by atoms with Crippen LogP contribution in [0.1, 0.15) is 22.4 Å². The van der Waals surface area contributed by atoms with E-state index in [-0.39, 0.29) is 0 Å². The van der Waals surface area contributed by atoms with E-state index in [0.29, 0.717) is 12.5 Å². The van der Waals surface area contributed by atoms with Crippen LogP contribution in [-0.4, -0.2) is 9.97 Å². The molecule has 0 spiro atoms. The second kappa shape index (κ2) is 7.66. The molecule has 0 aliphatic rings. The van der Waals surface area contributed by atoms with Crippen molar-refractivity contribution in [2.75, 3.05) is 10.6 Å². The summed E-state index contributed by atoms with van der Waals surface area (Å²) in [5, 5.41) is 6.65. The predicted molar refractivity (Wildman–Crippen MR) is 107 cm³/mol. The fourth-order valence-corrected chi connectivity index (χ4v) is 3.05. The molecule has 0 aliphatic heterocycles. The maximum Gasteiger partial charge on any atom is 0.225 e. The summed E-state index contributed by atoms with van der Waals surface area (Å²) in [5.74, 6) is 1.38. The van der Waals surface area contributed by atoms with Crippen LogP contribution < -0.4 is 10.6 Å². The Labute approximate surface area is 156 Å². The lowest BCUT2D eigenvalue weighted by Gasteiger charge is -2.11. The number of halogens is 1. The van der Waals surface area contributed by atoms with Crippen LogP contribution in [0.3, 0.4) is 0 Å². The number of hydrogen-bond acceptors (Lipinski definition) is 4. The van der Waals surface area contributed by atoms with Gasteiger partial charge in [-0.1, -0.05) is 35.9 Å². The monoisotopic (exact) mass is 396 g/mol. The van der Waals surface area contributed by atoms with Crippen molar-refractivity contribution in [2.45, 2.75) is 27.3 Å². The van der Waals surface area contributed by atoms with E-state index in [1.54, 1.807) is 0 Å². The molecule has 0 atom stereocenters. The fourth-order valence-electron chi connectivity index (χ4n) is 2.46. The van der Waals surface area contributed by atoms with Crippen molar-refractivity contribution < 1.29 is 0 Å². The van der Waals surface area contributed by atoms with Crippen molar-refractivity contribution in [3.8, 4) is 0 Å². The van der Waals surface area contributed by atoms with E-state index in [9.17, 15) is 0 Å². The normalized spacial score (nSPS) is 10.6. The molecule has 1 aromatic heterocycles. The van der Waals surface area contributed by atoms with Gasteiger partial charge in [-0.25, -0.2) is 4.98 Å². The highest BCUT2D eigenvalue weighted by Crippen LogP contribution is 2.26. The highest BCUT2D eigenvalue weighted by molar-refractivity contribution is 9.10. The first-order valence-electron chi connectivity index (χ1n) is 8.18. The number of nitrogens with one attached hydrogen (secondary N) is 2. The molecule has 0 aliphatic carbocycles. The summed E-state index contributed by atoms with van der Waals surface area (Å²) in [6.07, 6.45) is 0. The maximum atomic E-state index is 4.57. The number of rotatable bonds is 5. The third-order valence-corrected chi connectivity index (χ3v) is 4.47. The van der Waals surface area contributed by atoms with Crippen LogP contribution >= 0.6 is 15.9 Å². The molecule has 0 radical (unpaired) electrons. The van der Waals surface area contributed by atoms with E-state index in [1.165, 1.54) is 16.7 Å². The summed E-state index contributed by atoms with van der Waals surface area (Å²) in [7, 11) is 0. The first kappa shape index (κ1) is 17.4. The van der Waals surface area contributed by atoms with Crippen molar-refractivity contribution in [3.05, 3.63) is 75.4 Å². The lowest BCUT2D eigenvalue weighted by atomic mass is 10.1. The van der Waals surface area contributed by atoms with Crippen LogP contribution in [0.4, 0.5) is 17.5 Å². The second-order valence-corrected chi connectivity index (χ2v) is 7.02. The zero-order valence-electron chi connectivity index (χ0n) is 14.6. The third kappa shape index (κ3) is 4.79. The molecule has 128 valence electrons. The molecule has 3 aromatic rings. The fraction of sp³-hybridized carbons (Fsp3) is 0.200. The SMILES string of the molecule is Cc1ccc(CNc2nc(C)cc(Nc3ccc(C)cc3Br)n2)cc1. The Bertz CT molecular complexity index is 875. The summed E-state index contributed by atoms with van der Waals surface area (Å²) >= 11 is 3.59. The smallest absolute Gasteiger partial charge is 0.225 e. The van der Waals surface area contributed by atoms with Gasteiger partial charge in [0.15, 0.2) is 0 Å². The Morgan fingerprint density at radius 1 is 0.880 bits per heavy atom. The minimum atomic E-state index is 0.617. The Morgan fingerprint density at radius 2 is 1.60 bits per heavy atom. The van der Waals surface area contributed by atoms with Gasteiger partial charge in [0.1, 0.15) is 5.82 Å². The molecule has 1 heterocycles. The summed E-state index contributed by atoms with van der Waals surface area (Å²) < 4.78 is 1.01. The maximum absolute atomic E-state index is 4.57. The largest absolute Gasteiger partial charge is 0.350 e. The molecule has 3 rings (SSSR count). The van der Waals surface area contributed by atoms with E-state index in [1.807, 2.05) is 19.1 Å². The van der Waals surface area contributed by atoms with E-state index in [4.69, 9.17) is 0 Å². The molecule has 0 fully saturated rings. The Kier molecular flexibility index (Phi) is 5.34. The Hall–Kier alpha value is -2.40. The van der Waals surface area contributed by atoms with Gasteiger partial charge in [0.25, 0.3) is 0 Å². The zero-order chi connectivity index (χ0) is 17.8. The third-order valence-electron chi connectivity index (χ3n) is 3.81. The lowest BCUT2D eigenvalue weighted by molar-refractivity contribution is 1.03. The summed E-state index contributed by atoms with van der Waals surface area (Å²) in [6, 6.07) is 16.6. The zero-order valence-corrected chi connectivity index (χ0v) is 16.2. The van der Waals surface area contributed by atoms with E-state index in [2.05, 4.69) is 86.8 Å². The van der Waals surface area contributed by atoms with Crippen molar-refractivity contribution in [1.82, 2.24) is 9.97 Å². The molecule has 2 aromatic carbocycles. The number of anilines is 3. The van der Waals surface area contributed by atoms with Crippen LogP contribution in [0.5, 0.6) is 0 Å². The average molecular weight is 397 g/mol. The highest BCUT2D eigenvalue weighted by atomic mass is 79.9. The molecule has 0 bridgehead atoms. The molecule has 5 heteroatoms. The Balaban J connectivity index is 1.74. The average Bonchev–Trinajstić information content (AvgIpc) is 2.56. The van der Waals surface area contributed by atoms with Crippen LogP contribution in [0.2, 0.25) is 0 Å². The topological polar surface area (TPSA) is 49.8 Å². The molecule has 25 heavy (non-hydrogen) atoms. The predicted octanol–water partition coefficient (Wildman–Crippen LogP) is 5.52. The standard InChI is InChI=1S/C20H21BrN4/c1-13-4-7-16(8-5-13)12-22-20-23-15(3)11-19(25-20)24-18-9-6-14(2)10-17(18)21/h4-11H,12H2,1-3H3,(H2,22,23,24,25). The van der Waals surface area contributed by atoms with Crippen LogP contribution in [0.25, 0.3) is 0 Å². The summed E-state index contributed by atoms with van der Waals surface area (Å²) in [5.41, 5.74) is 5.55. The highest BCUT2D eigenvalue weighted by Gasteiger charge is 2.05. The number of nitrogens with zero attached hydrogens (tertiary/aromatic N) is 2. The van der Waals surface area contributed by atoms with Gasteiger partial charge in [-0.15, -0.1) is 0 Å². The van der Waals surface area contributed by atoms with Gasteiger partial charge < -0.3 is 10.6 Å². The molecule has 4 nitrogen and oxygen atoms in total. The number of aromatic nitrogens is 2. The lowest BCUT2D eigenvalue weighted by Crippen LogP contribution is -2.06. The van der Waals surface area contributed by atoms with Crippen LogP contribution in [0, 0.1) is 20.8 Å². The van der Waals surface area contributed by atoms with Crippen molar-refractivity contribution >= 4 is 33.4 Å².